The Balaban J connectivity index is 1.65. The van der Waals surface area contributed by atoms with Crippen LogP contribution < -0.4 is 9.47 Å². The van der Waals surface area contributed by atoms with Gasteiger partial charge in [0.05, 0.1) is 48.0 Å². The summed E-state index contributed by atoms with van der Waals surface area (Å²) in [5.41, 5.74) is 9.36. The second-order valence-electron chi connectivity index (χ2n) is 10.2. The van der Waals surface area contributed by atoms with Gasteiger partial charge in [-0.05, 0) is 84.0 Å². The zero-order chi connectivity index (χ0) is 30.2. The molecule has 0 spiro atoms. The van der Waals surface area contributed by atoms with E-state index >= 15 is 0 Å². The van der Waals surface area contributed by atoms with Crippen LogP contribution in [0.5, 0.6) is 11.5 Å². The lowest BCUT2D eigenvalue weighted by atomic mass is 10.0. The third-order valence-electron chi connectivity index (χ3n) is 7.69. The molecule has 8 bridgehead atoms. The van der Waals surface area contributed by atoms with Crippen LogP contribution in [0, 0.1) is 22.7 Å². The molecule has 5 aromatic rings. The highest BCUT2D eigenvalue weighted by atomic mass is 16.5. The number of nitrogens with zero attached hydrogens (tertiary/aromatic N) is 4. The average Bonchev–Trinajstić information content (AvgIpc) is 3.89. The monoisotopic (exact) mass is 572 g/mol. The van der Waals surface area contributed by atoms with Crippen molar-refractivity contribution in [3.05, 3.63) is 107 Å². The summed E-state index contributed by atoms with van der Waals surface area (Å²) < 4.78 is 11.0. The van der Waals surface area contributed by atoms with Crippen molar-refractivity contribution in [2.75, 3.05) is 14.2 Å². The molecule has 5 heterocycles. The first-order chi connectivity index (χ1) is 21.6. The molecule has 2 aliphatic rings. The first-order valence-corrected chi connectivity index (χ1v) is 13.9. The number of H-pyrrole nitrogens is 2. The zero-order valence-electron chi connectivity index (χ0n) is 23.8. The fraction of sp³-hybridized carbons (Fsp3) is 0.0556. The Morgan fingerprint density at radius 1 is 0.545 bits per heavy atom. The lowest BCUT2D eigenvalue weighted by Crippen LogP contribution is -1.90. The van der Waals surface area contributed by atoms with Gasteiger partial charge in [-0.1, -0.05) is 24.3 Å². The molecule has 7 rings (SSSR count). The lowest BCUT2D eigenvalue weighted by Gasteiger charge is -2.07. The highest BCUT2D eigenvalue weighted by Gasteiger charge is 2.18. The third-order valence-corrected chi connectivity index (χ3v) is 7.69. The SMILES string of the molecule is COc1cccc(-c2c3nc(c(C#N)c4ccc([nH]4)c(-c4cccc(OC)c4)c4nc(c(C#N)c5ccc2[nH]5)C=C4)C=C3)c1. The molecule has 0 unspecified atom stereocenters. The van der Waals surface area contributed by atoms with Crippen LogP contribution in [0.3, 0.4) is 0 Å². The smallest absolute Gasteiger partial charge is 0.119 e. The fourth-order valence-electron chi connectivity index (χ4n) is 5.61. The molecule has 0 radical (unpaired) electrons. The van der Waals surface area contributed by atoms with Gasteiger partial charge in [-0.2, -0.15) is 10.5 Å². The molecular weight excluding hydrogens is 548 g/mol. The summed E-state index contributed by atoms with van der Waals surface area (Å²) in [6, 6.07) is 27.7. The van der Waals surface area contributed by atoms with Crippen LogP contribution in [0.1, 0.15) is 33.9 Å². The Morgan fingerprint density at radius 2 is 0.955 bits per heavy atom. The number of ether oxygens (including phenoxy) is 2. The number of fused-ring (bicyclic) bond motifs is 8. The minimum Gasteiger partial charge on any atom is -0.497 e. The highest BCUT2D eigenvalue weighted by Crippen LogP contribution is 2.35. The van der Waals surface area contributed by atoms with E-state index in [0.29, 0.717) is 56.4 Å². The molecule has 0 atom stereocenters. The minimum absolute atomic E-state index is 0.410. The predicted molar refractivity (Wildman–Crippen MR) is 172 cm³/mol. The number of hydrogen-bond donors (Lipinski definition) is 2. The Labute approximate surface area is 252 Å². The van der Waals surface area contributed by atoms with E-state index in [4.69, 9.17) is 19.4 Å². The second kappa shape index (κ2) is 10.8. The Morgan fingerprint density at radius 3 is 1.36 bits per heavy atom. The van der Waals surface area contributed by atoms with Crippen molar-refractivity contribution in [2.24, 2.45) is 0 Å². The van der Waals surface area contributed by atoms with E-state index in [0.717, 1.165) is 33.3 Å². The first-order valence-electron chi connectivity index (χ1n) is 13.9. The molecular formula is C36H24N6O2. The standard InChI is InChI=1S/C36H24N6O2/c1-43-23-7-3-5-21(17-23)35-31-13-9-27(39-31)25(19-37)29-11-15-33(41-29)36(22-6-4-8-24(18-22)44-2)34-16-12-30(42-34)26(20-38)28-10-14-32(35)40-28/h3-18,39,42H,1-2H3. The van der Waals surface area contributed by atoms with E-state index in [2.05, 4.69) is 22.1 Å². The van der Waals surface area contributed by atoms with Crippen molar-refractivity contribution in [1.82, 2.24) is 19.9 Å². The van der Waals surface area contributed by atoms with Crippen LogP contribution in [0.25, 0.3) is 68.6 Å². The second-order valence-corrected chi connectivity index (χ2v) is 10.2. The number of methoxy groups -OCH3 is 2. The molecule has 8 heteroatoms. The van der Waals surface area contributed by atoms with Crippen molar-refractivity contribution < 1.29 is 9.47 Å². The fourth-order valence-corrected chi connectivity index (χ4v) is 5.61. The van der Waals surface area contributed by atoms with Gasteiger partial charge in [0.1, 0.15) is 34.8 Å². The number of aromatic nitrogens is 4. The average molecular weight is 573 g/mol. The van der Waals surface area contributed by atoms with E-state index in [-0.39, 0.29) is 0 Å². The van der Waals surface area contributed by atoms with Crippen LogP contribution in [-0.4, -0.2) is 34.2 Å². The van der Waals surface area contributed by atoms with Gasteiger partial charge in [0.2, 0.25) is 0 Å². The van der Waals surface area contributed by atoms with Gasteiger partial charge in [-0.25, -0.2) is 9.97 Å². The zero-order valence-corrected chi connectivity index (χ0v) is 23.8. The molecule has 2 aromatic carbocycles. The molecule has 8 nitrogen and oxygen atoms in total. The molecule has 210 valence electrons. The maximum absolute atomic E-state index is 10.3. The van der Waals surface area contributed by atoms with Gasteiger partial charge >= 0.3 is 0 Å². The van der Waals surface area contributed by atoms with Crippen molar-refractivity contribution in [3.63, 3.8) is 0 Å². The van der Waals surface area contributed by atoms with Gasteiger partial charge in [0, 0.05) is 22.2 Å². The van der Waals surface area contributed by atoms with E-state index in [1.807, 2.05) is 97.1 Å². The summed E-state index contributed by atoms with van der Waals surface area (Å²) >= 11 is 0. The van der Waals surface area contributed by atoms with Crippen LogP contribution in [0.2, 0.25) is 0 Å². The molecule has 0 saturated carbocycles. The maximum atomic E-state index is 10.3. The van der Waals surface area contributed by atoms with Gasteiger partial charge in [-0.15, -0.1) is 0 Å². The largest absolute Gasteiger partial charge is 0.497 e. The maximum Gasteiger partial charge on any atom is 0.119 e. The molecule has 0 aliphatic carbocycles. The quantitative estimate of drug-likeness (QED) is 0.222. The Bertz CT molecular complexity index is 2130. The van der Waals surface area contributed by atoms with E-state index in [1.54, 1.807) is 14.2 Å². The summed E-state index contributed by atoms with van der Waals surface area (Å²) in [5, 5.41) is 20.6. The summed E-state index contributed by atoms with van der Waals surface area (Å²) in [6.07, 6.45) is 7.50. The van der Waals surface area contributed by atoms with E-state index in [1.165, 1.54) is 0 Å². The highest BCUT2D eigenvalue weighted by molar-refractivity contribution is 5.95. The van der Waals surface area contributed by atoms with Crippen LogP contribution in [0.15, 0.2) is 72.8 Å². The number of nitriles is 2. The summed E-state index contributed by atoms with van der Waals surface area (Å²) in [5.74, 6) is 1.40. The molecule has 0 saturated heterocycles. The van der Waals surface area contributed by atoms with Gasteiger partial charge in [0.25, 0.3) is 0 Å². The minimum atomic E-state index is 0.410. The number of aromatic amines is 2. The Kier molecular flexibility index (Phi) is 6.50. The molecule has 0 fully saturated rings. The number of rotatable bonds is 4. The third kappa shape index (κ3) is 4.48. The van der Waals surface area contributed by atoms with Crippen LogP contribution in [-0.2, 0) is 0 Å². The first kappa shape index (κ1) is 26.5. The van der Waals surface area contributed by atoms with Crippen molar-refractivity contribution in [1.29, 1.82) is 10.5 Å². The molecule has 2 N–H and O–H groups in total. The molecule has 3 aromatic heterocycles. The topological polar surface area (TPSA) is 123 Å². The number of nitrogens with one attached hydrogen (secondary N) is 2. The Hall–Kier alpha value is -6.38. The van der Waals surface area contributed by atoms with E-state index < -0.39 is 0 Å². The number of benzene rings is 2. The van der Waals surface area contributed by atoms with Crippen LogP contribution in [0.4, 0.5) is 0 Å². The van der Waals surface area contributed by atoms with Crippen molar-refractivity contribution in [3.8, 4) is 45.9 Å². The van der Waals surface area contributed by atoms with Crippen LogP contribution >= 0.6 is 0 Å². The van der Waals surface area contributed by atoms with E-state index in [9.17, 15) is 10.5 Å². The van der Waals surface area contributed by atoms with Gasteiger partial charge in [-0.3, -0.25) is 0 Å². The summed E-state index contributed by atoms with van der Waals surface area (Å²) in [7, 11) is 3.25. The molecule has 2 aliphatic heterocycles. The lowest BCUT2D eigenvalue weighted by molar-refractivity contribution is 0.415. The summed E-state index contributed by atoms with van der Waals surface area (Å²) in [6.45, 7) is 0. The predicted octanol–water partition coefficient (Wildman–Crippen LogP) is 7.75. The molecule has 44 heavy (non-hydrogen) atoms. The van der Waals surface area contributed by atoms with Gasteiger partial charge in [0.15, 0.2) is 0 Å². The van der Waals surface area contributed by atoms with Gasteiger partial charge < -0.3 is 19.4 Å². The van der Waals surface area contributed by atoms with Crippen molar-refractivity contribution >= 4 is 46.4 Å². The van der Waals surface area contributed by atoms with Crippen molar-refractivity contribution in [2.45, 2.75) is 0 Å². The summed E-state index contributed by atoms with van der Waals surface area (Å²) in [4.78, 5) is 16.8. The molecule has 0 amide bonds. The number of hydrogen-bond acceptors (Lipinski definition) is 6. The normalized spacial score (nSPS) is 11.6.